The molecule has 1 aromatic carbocycles. The number of hydrogen-bond donors (Lipinski definition) is 2. The molecule has 1 saturated heterocycles. The van der Waals surface area contributed by atoms with Gasteiger partial charge in [0.05, 0.1) is 13.2 Å². The normalized spacial score (nSPS) is 16.1. The van der Waals surface area contributed by atoms with Crippen LogP contribution in [0.4, 0.5) is 5.69 Å². The van der Waals surface area contributed by atoms with E-state index in [9.17, 15) is 4.79 Å². The maximum atomic E-state index is 12.1. The second-order valence-corrected chi connectivity index (χ2v) is 7.62. The SMILES string of the molecule is CC(C)(C)CNCc1cccc(NC(=O)CCN2CCOCC2)c1. The first kappa shape index (κ1) is 18.9. The topological polar surface area (TPSA) is 53.6 Å². The van der Waals surface area contributed by atoms with Crippen LogP contribution in [0.2, 0.25) is 0 Å². The zero-order valence-electron chi connectivity index (χ0n) is 15.2. The minimum Gasteiger partial charge on any atom is -0.379 e. The lowest BCUT2D eigenvalue weighted by atomic mass is 9.97. The minimum absolute atomic E-state index is 0.0706. The van der Waals surface area contributed by atoms with Crippen LogP contribution in [0.3, 0.4) is 0 Å². The lowest BCUT2D eigenvalue weighted by Gasteiger charge is -2.26. The third kappa shape index (κ3) is 7.43. The average Bonchev–Trinajstić information content (AvgIpc) is 2.53. The first-order chi connectivity index (χ1) is 11.4. The van der Waals surface area contributed by atoms with Gasteiger partial charge in [-0.25, -0.2) is 0 Å². The third-order valence-electron chi connectivity index (χ3n) is 3.95. The van der Waals surface area contributed by atoms with E-state index in [4.69, 9.17) is 4.74 Å². The maximum Gasteiger partial charge on any atom is 0.225 e. The van der Waals surface area contributed by atoms with Crippen LogP contribution >= 0.6 is 0 Å². The van der Waals surface area contributed by atoms with Crippen LogP contribution < -0.4 is 10.6 Å². The van der Waals surface area contributed by atoms with E-state index in [2.05, 4.69) is 42.4 Å². The van der Waals surface area contributed by atoms with E-state index in [1.54, 1.807) is 0 Å². The summed E-state index contributed by atoms with van der Waals surface area (Å²) in [5.41, 5.74) is 2.33. The Balaban J connectivity index is 1.75. The van der Waals surface area contributed by atoms with Gasteiger partial charge >= 0.3 is 0 Å². The minimum atomic E-state index is 0.0706. The second kappa shape index (κ2) is 9.16. The molecule has 0 saturated carbocycles. The molecule has 1 amide bonds. The van der Waals surface area contributed by atoms with Crippen molar-refractivity contribution in [1.29, 1.82) is 0 Å². The summed E-state index contributed by atoms with van der Waals surface area (Å²) in [5.74, 6) is 0.0706. The van der Waals surface area contributed by atoms with Crippen molar-refractivity contribution in [2.45, 2.75) is 33.7 Å². The lowest BCUT2D eigenvalue weighted by molar-refractivity contribution is -0.116. The van der Waals surface area contributed by atoms with Crippen LogP contribution in [0.5, 0.6) is 0 Å². The van der Waals surface area contributed by atoms with E-state index < -0.39 is 0 Å². The summed E-state index contributed by atoms with van der Waals surface area (Å²) in [5, 5.41) is 6.46. The molecular formula is C19H31N3O2. The number of rotatable bonds is 7. The highest BCUT2D eigenvalue weighted by atomic mass is 16.5. The molecule has 5 heteroatoms. The summed E-state index contributed by atoms with van der Waals surface area (Å²) < 4.78 is 5.32. The molecule has 0 bridgehead atoms. The van der Waals surface area contributed by atoms with Gasteiger partial charge in [-0.05, 0) is 23.1 Å². The molecule has 0 aliphatic carbocycles. The predicted octanol–water partition coefficient (Wildman–Crippen LogP) is 2.48. The highest BCUT2D eigenvalue weighted by Gasteiger charge is 2.12. The molecule has 0 unspecified atom stereocenters. The van der Waals surface area contributed by atoms with Crippen molar-refractivity contribution in [2.75, 3.05) is 44.7 Å². The molecular weight excluding hydrogens is 302 g/mol. The molecule has 24 heavy (non-hydrogen) atoms. The molecule has 5 nitrogen and oxygen atoms in total. The summed E-state index contributed by atoms with van der Waals surface area (Å²) in [6.07, 6.45) is 0.520. The van der Waals surface area contributed by atoms with E-state index in [0.29, 0.717) is 6.42 Å². The van der Waals surface area contributed by atoms with Crippen LogP contribution in [-0.4, -0.2) is 50.2 Å². The van der Waals surface area contributed by atoms with Gasteiger partial charge in [-0.1, -0.05) is 32.9 Å². The van der Waals surface area contributed by atoms with Crippen LogP contribution in [0.25, 0.3) is 0 Å². The summed E-state index contributed by atoms with van der Waals surface area (Å²) >= 11 is 0. The fourth-order valence-electron chi connectivity index (χ4n) is 2.65. The molecule has 1 aromatic rings. The molecule has 0 atom stereocenters. The van der Waals surface area contributed by atoms with Crippen LogP contribution in [-0.2, 0) is 16.1 Å². The summed E-state index contributed by atoms with van der Waals surface area (Å²) in [6.45, 7) is 12.6. The standard InChI is InChI=1S/C19H31N3O2/c1-19(2,3)15-20-14-16-5-4-6-17(13-16)21-18(23)7-8-22-9-11-24-12-10-22/h4-6,13,20H,7-12,14-15H2,1-3H3,(H,21,23). The van der Waals surface area contributed by atoms with E-state index in [1.165, 1.54) is 5.56 Å². The number of nitrogens with zero attached hydrogens (tertiary/aromatic N) is 1. The highest BCUT2D eigenvalue weighted by Crippen LogP contribution is 2.13. The summed E-state index contributed by atoms with van der Waals surface area (Å²) in [7, 11) is 0. The Hall–Kier alpha value is -1.43. The maximum absolute atomic E-state index is 12.1. The van der Waals surface area contributed by atoms with E-state index in [1.807, 2.05) is 18.2 Å². The Morgan fingerprint density at radius 3 is 2.71 bits per heavy atom. The van der Waals surface area contributed by atoms with Gasteiger partial charge < -0.3 is 15.4 Å². The first-order valence-electron chi connectivity index (χ1n) is 8.82. The van der Waals surface area contributed by atoms with Crippen LogP contribution in [0, 0.1) is 5.41 Å². The van der Waals surface area contributed by atoms with Crippen molar-refractivity contribution in [3.63, 3.8) is 0 Å². The number of morpholine rings is 1. The van der Waals surface area contributed by atoms with Gasteiger partial charge in [0.2, 0.25) is 5.91 Å². The molecule has 0 aromatic heterocycles. The number of hydrogen-bond acceptors (Lipinski definition) is 4. The molecule has 2 N–H and O–H groups in total. The monoisotopic (exact) mass is 333 g/mol. The molecule has 2 rings (SSSR count). The zero-order chi connectivity index (χ0) is 17.4. The number of amides is 1. The van der Waals surface area contributed by atoms with Crippen molar-refractivity contribution in [3.05, 3.63) is 29.8 Å². The number of carbonyl (C=O) groups is 1. The van der Waals surface area contributed by atoms with E-state index >= 15 is 0 Å². The quantitative estimate of drug-likeness (QED) is 0.805. The van der Waals surface area contributed by atoms with Gasteiger partial charge in [0.25, 0.3) is 0 Å². The number of nitrogens with one attached hydrogen (secondary N) is 2. The molecule has 134 valence electrons. The number of carbonyl (C=O) groups excluding carboxylic acids is 1. The molecule has 1 fully saturated rings. The first-order valence-corrected chi connectivity index (χ1v) is 8.82. The highest BCUT2D eigenvalue weighted by molar-refractivity contribution is 5.90. The van der Waals surface area contributed by atoms with Crippen molar-refractivity contribution >= 4 is 11.6 Å². The molecule has 1 heterocycles. The number of anilines is 1. The Morgan fingerprint density at radius 2 is 2.00 bits per heavy atom. The zero-order valence-corrected chi connectivity index (χ0v) is 15.2. The lowest BCUT2D eigenvalue weighted by Crippen LogP contribution is -2.38. The van der Waals surface area contributed by atoms with Crippen LogP contribution in [0.15, 0.2) is 24.3 Å². The molecule has 0 radical (unpaired) electrons. The second-order valence-electron chi connectivity index (χ2n) is 7.62. The van der Waals surface area contributed by atoms with E-state index in [-0.39, 0.29) is 11.3 Å². The smallest absolute Gasteiger partial charge is 0.225 e. The Bertz CT molecular complexity index is 520. The molecule has 0 spiro atoms. The Labute approximate surface area is 145 Å². The summed E-state index contributed by atoms with van der Waals surface area (Å²) in [4.78, 5) is 14.4. The van der Waals surface area contributed by atoms with Crippen molar-refractivity contribution in [1.82, 2.24) is 10.2 Å². The van der Waals surface area contributed by atoms with E-state index in [0.717, 1.165) is 51.6 Å². The predicted molar refractivity (Wildman–Crippen MR) is 98.1 cm³/mol. The fourth-order valence-corrected chi connectivity index (χ4v) is 2.65. The Morgan fingerprint density at radius 1 is 1.25 bits per heavy atom. The van der Waals surface area contributed by atoms with Gasteiger partial charge in [-0.2, -0.15) is 0 Å². The number of benzene rings is 1. The van der Waals surface area contributed by atoms with Crippen molar-refractivity contribution < 1.29 is 9.53 Å². The van der Waals surface area contributed by atoms with Gasteiger partial charge in [-0.15, -0.1) is 0 Å². The third-order valence-corrected chi connectivity index (χ3v) is 3.95. The van der Waals surface area contributed by atoms with Gasteiger partial charge in [0.1, 0.15) is 0 Å². The average molecular weight is 333 g/mol. The van der Waals surface area contributed by atoms with Crippen molar-refractivity contribution in [2.24, 2.45) is 5.41 Å². The molecule has 1 aliphatic rings. The van der Waals surface area contributed by atoms with Gasteiger partial charge in [-0.3, -0.25) is 9.69 Å². The number of ether oxygens (including phenoxy) is 1. The van der Waals surface area contributed by atoms with Gasteiger partial charge in [0.15, 0.2) is 0 Å². The van der Waals surface area contributed by atoms with Crippen molar-refractivity contribution in [3.8, 4) is 0 Å². The summed E-state index contributed by atoms with van der Waals surface area (Å²) in [6, 6.07) is 8.06. The Kier molecular flexibility index (Phi) is 7.21. The van der Waals surface area contributed by atoms with Gasteiger partial charge in [0, 0.05) is 44.8 Å². The molecule has 1 aliphatic heterocycles. The van der Waals surface area contributed by atoms with Crippen LogP contribution in [0.1, 0.15) is 32.8 Å². The fraction of sp³-hybridized carbons (Fsp3) is 0.632. The largest absolute Gasteiger partial charge is 0.379 e.